The van der Waals surface area contributed by atoms with E-state index in [0.717, 1.165) is 45.8 Å². The molecule has 2 atom stereocenters. The molecule has 100 valence electrons. The molecule has 5 N–H and O–H groups in total. The van der Waals surface area contributed by atoms with Gasteiger partial charge in [0, 0.05) is 51.9 Å². The van der Waals surface area contributed by atoms with Crippen molar-refractivity contribution < 1.29 is 0 Å². The molecule has 0 saturated carbocycles. The van der Waals surface area contributed by atoms with Crippen molar-refractivity contribution in [2.75, 3.05) is 45.8 Å². The monoisotopic (exact) mass is 241 g/mol. The fourth-order valence-electron chi connectivity index (χ4n) is 2.98. The number of rotatable bonds is 4. The first-order chi connectivity index (χ1) is 8.31. The Bertz CT molecular complexity index is 217. The van der Waals surface area contributed by atoms with Gasteiger partial charge in [0.2, 0.25) is 0 Å². The second-order valence-electron chi connectivity index (χ2n) is 5.24. The Morgan fingerprint density at radius 2 is 1.94 bits per heavy atom. The number of hydrogen-bond donors (Lipinski definition) is 3. The summed E-state index contributed by atoms with van der Waals surface area (Å²) in [6.45, 7) is 7.27. The van der Waals surface area contributed by atoms with Crippen molar-refractivity contribution in [2.45, 2.75) is 31.5 Å². The highest BCUT2D eigenvalue weighted by Crippen LogP contribution is 2.17. The Morgan fingerprint density at radius 3 is 2.65 bits per heavy atom. The van der Waals surface area contributed by atoms with Crippen molar-refractivity contribution in [1.82, 2.24) is 15.1 Å². The van der Waals surface area contributed by atoms with E-state index in [4.69, 9.17) is 11.5 Å². The Morgan fingerprint density at radius 1 is 1.18 bits per heavy atom. The summed E-state index contributed by atoms with van der Waals surface area (Å²) in [5.41, 5.74) is 12.2. The lowest BCUT2D eigenvalue weighted by Gasteiger charge is -2.41. The Labute approximate surface area is 104 Å². The first-order valence-corrected chi connectivity index (χ1v) is 6.95. The summed E-state index contributed by atoms with van der Waals surface area (Å²) >= 11 is 0. The lowest BCUT2D eigenvalue weighted by Crippen LogP contribution is -2.58. The summed E-state index contributed by atoms with van der Waals surface area (Å²) in [7, 11) is 0. The molecule has 2 heterocycles. The molecule has 0 aromatic carbocycles. The minimum absolute atomic E-state index is 0.155. The highest BCUT2D eigenvalue weighted by molar-refractivity contribution is 4.83. The normalized spacial score (nSPS) is 30.4. The molecule has 0 radical (unpaired) electrons. The summed E-state index contributed by atoms with van der Waals surface area (Å²) in [5, 5.41) is 3.37. The largest absolute Gasteiger partial charge is 0.329 e. The van der Waals surface area contributed by atoms with E-state index in [9.17, 15) is 0 Å². The molecular weight excluding hydrogens is 214 g/mol. The van der Waals surface area contributed by atoms with Crippen LogP contribution in [0, 0.1) is 0 Å². The number of likely N-dealkylation sites (tertiary alicyclic amines) is 1. The molecular formula is C12H27N5. The van der Waals surface area contributed by atoms with Gasteiger partial charge in [0.05, 0.1) is 6.17 Å². The topological polar surface area (TPSA) is 70.5 Å². The zero-order valence-electron chi connectivity index (χ0n) is 10.8. The summed E-state index contributed by atoms with van der Waals surface area (Å²) in [6, 6.07) is 0.502. The van der Waals surface area contributed by atoms with E-state index in [2.05, 4.69) is 15.1 Å². The molecule has 2 unspecified atom stereocenters. The van der Waals surface area contributed by atoms with E-state index in [0.29, 0.717) is 6.04 Å². The standard InChI is InChI=1S/C12H27N5/c13-9-11-3-1-2-6-17(11)12(14)10-16-7-4-15-5-8-16/h11-12,15H,1-10,13-14H2. The predicted octanol–water partition coefficient (Wildman–Crippen LogP) is -1.01. The number of piperidine rings is 1. The molecule has 0 bridgehead atoms. The van der Waals surface area contributed by atoms with Crippen LogP contribution in [0.4, 0.5) is 0 Å². The predicted molar refractivity (Wildman–Crippen MR) is 70.7 cm³/mol. The molecule has 2 aliphatic rings. The molecule has 0 aliphatic carbocycles. The van der Waals surface area contributed by atoms with Gasteiger partial charge in [0.1, 0.15) is 0 Å². The molecule has 0 amide bonds. The van der Waals surface area contributed by atoms with Crippen LogP contribution in [0.25, 0.3) is 0 Å². The van der Waals surface area contributed by atoms with E-state index < -0.39 is 0 Å². The fourth-order valence-corrected chi connectivity index (χ4v) is 2.98. The quantitative estimate of drug-likeness (QED) is 0.588. The van der Waals surface area contributed by atoms with E-state index >= 15 is 0 Å². The van der Waals surface area contributed by atoms with Gasteiger partial charge in [-0.2, -0.15) is 0 Å². The number of hydrogen-bond acceptors (Lipinski definition) is 5. The average Bonchev–Trinajstić information content (AvgIpc) is 2.40. The van der Waals surface area contributed by atoms with E-state index in [1.807, 2.05) is 0 Å². The molecule has 2 fully saturated rings. The van der Waals surface area contributed by atoms with E-state index in [1.165, 1.54) is 19.3 Å². The van der Waals surface area contributed by atoms with Gasteiger partial charge in [0.25, 0.3) is 0 Å². The third-order valence-electron chi connectivity index (χ3n) is 4.03. The van der Waals surface area contributed by atoms with Crippen LogP contribution in [0.2, 0.25) is 0 Å². The maximum atomic E-state index is 6.35. The van der Waals surface area contributed by atoms with Crippen LogP contribution < -0.4 is 16.8 Å². The van der Waals surface area contributed by atoms with E-state index in [-0.39, 0.29) is 6.17 Å². The second-order valence-corrected chi connectivity index (χ2v) is 5.24. The van der Waals surface area contributed by atoms with Gasteiger partial charge < -0.3 is 16.8 Å². The summed E-state index contributed by atoms with van der Waals surface area (Å²) in [5.74, 6) is 0. The second kappa shape index (κ2) is 6.66. The molecule has 5 heteroatoms. The van der Waals surface area contributed by atoms with Crippen LogP contribution in [0.1, 0.15) is 19.3 Å². The SMILES string of the molecule is NCC1CCCCN1C(N)CN1CCNCC1. The zero-order chi connectivity index (χ0) is 12.1. The number of nitrogens with zero attached hydrogens (tertiary/aromatic N) is 2. The van der Waals surface area contributed by atoms with Crippen molar-refractivity contribution >= 4 is 0 Å². The molecule has 5 nitrogen and oxygen atoms in total. The minimum atomic E-state index is 0.155. The first kappa shape index (κ1) is 13.2. The third-order valence-corrected chi connectivity index (χ3v) is 4.03. The highest BCUT2D eigenvalue weighted by Gasteiger charge is 2.27. The highest BCUT2D eigenvalue weighted by atomic mass is 15.3. The van der Waals surface area contributed by atoms with Crippen LogP contribution in [0.15, 0.2) is 0 Å². The van der Waals surface area contributed by atoms with Gasteiger partial charge in [-0.1, -0.05) is 6.42 Å². The van der Waals surface area contributed by atoms with Crippen LogP contribution in [0.3, 0.4) is 0 Å². The van der Waals surface area contributed by atoms with Gasteiger partial charge >= 0.3 is 0 Å². The lowest BCUT2D eigenvalue weighted by atomic mass is 10.0. The lowest BCUT2D eigenvalue weighted by molar-refractivity contribution is 0.0713. The van der Waals surface area contributed by atoms with Gasteiger partial charge in [-0.05, 0) is 12.8 Å². The molecule has 0 aromatic heterocycles. The van der Waals surface area contributed by atoms with Gasteiger partial charge in [-0.3, -0.25) is 9.80 Å². The molecule has 0 spiro atoms. The molecule has 2 rings (SSSR count). The molecule has 0 aromatic rings. The number of nitrogens with two attached hydrogens (primary N) is 2. The van der Waals surface area contributed by atoms with Crippen LogP contribution in [0.5, 0.6) is 0 Å². The van der Waals surface area contributed by atoms with Gasteiger partial charge in [-0.15, -0.1) is 0 Å². The zero-order valence-corrected chi connectivity index (χ0v) is 10.8. The molecule has 17 heavy (non-hydrogen) atoms. The number of nitrogens with one attached hydrogen (secondary N) is 1. The number of piperazine rings is 1. The average molecular weight is 241 g/mol. The van der Waals surface area contributed by atoms with E-state index in [1.54, 1.807) is 0 Å². The van der Waals surface area contributed by atoms with Crippen LogP contribution >= 0.6 is 0 Å². The smallest absolute Gasteiger partial charge is 0.0705 e. The van der Waals surface area contributed by atoms with Crippen molar-refractivity contribution in [2.24, 2.45) is 11.5 Å². The summed E-state index contributed by atoms with van der Waals surface area (Å²) in [4.78, 5) is 4.88. The van der Waals surface area contributed by atoms with Crippen LogP contribution in [-0.2, 0) is 0 Å². The maximum absolute atomic E-state index is 6.35. The van der Waals surface area contributed by atoms with Crippen molar-refractivity contribution in [3.05, 3.63) is 0 Å². The Kier molecular flexibility index (Phi) is 5.18. The Hall–Kier alpha value is -0.200. The fraction of sp³-hybridized carbons (Fsp3) is 1.00. The Balaban J connectivity index is 1.82. The van der Waals surface area contributed by atoms with Crippen molar-refractivity contribution in [1.29, 1.82) is 0 Å². The summed E-state index contributed by atoms with van der Waals surface area (Å²) < 4.78 is 0. The molecule has 2 aliphatic heterocycles. The van der Waals surface area contributed by atoms with Gasteiger partial charge in [0.15, 0.2) is 0 Å². The first-order valence-electron chi connectivity index (χ1n) is 6.95. The maximum Gasteiger partial charge on any atom is 0.0705 e. The molecule has 2 saturated heterocycles. The third kappa shape index (κ3) is 3.63. The van der Waals surface area contributed by atoms with Crippen molar-refractivity contribution in [3.63, 3.8) is 0 Å². The minimum Gasteiger partial charge on any atom is -0.329 e. The summed E-state index contributed by atoms with van der Waals surface area (Å²) in [6.07, 6.45) is 3.94. The van der Waals surface area contributed by atoms with Gasteiger partial charge in [-0.25, -0.2) is 0 Å². The van der Waals surface area contributed by atoms with Crippen molar-refractivity contribution in [3.8, 4) is 0 Å². The van der Waals surface area contributed by atoms with Crippen LogP contribution in [-0.4, -0.2) is 67.8 Å².